The molecule has 0 aliphatic rings. The van der Waals surface area contributed by atoms with Gasteiger partial charge < -0.3 is 13.6 Å². The summed E-state index contributed by atoms with van der Waals surface area (Å²) in [5.74, 6) is -0.768. The van der Waals surface area contributed by atoms with Crippen molar-refractivity contribution in [3.8, 4) is 5.75 Å². The van der Waals surface area contributed by atoms with Crippen LogP contribution in [0.2, 0.25) is 0 Å². The summed E-state index contributed by atoms with van der Waals surface area (Å²) in [6.07, 6.45) is 0. The molecule has 4 rings (SSSR count). The third kappa shape index (κ3) is 4.25. The fraction of sp³-hybridized carbons (Fsp3) is 0.0952. The number of hydrogen-bond donors (Lipinski definition) is 2. The molecular weight excluding hydrogens is 390 g/mol. The van der Waals surface area contributed by atoms with Gasteiger partial charge in [0.1, 0.15) is 24.7 Å². The van der Waals surface area contributed by atoms with Gasteiger partial charge in [0.2, 0.25) is 0 Å². The fourth-order valence-electron chi connectivity index (χ4n) is 2.78. The van der Waals surface area contributed by atoms with Crippen molar-refractivity contribution >= 4 is 22.9 Å². The second-order valence-electron chi connectivity index (χ2n) is 6.29. The zero-order chi connectivity index (χ0) is 20.9. The number of fused-ring (bicyclic) bond motifs is 1. The molecule has 0 aliphatic carbocycles. The highest BCUT2D eigenvalue weighted by Gasteiger charge is 2.15. The van der Waals surface area contributed by atoms with E-state index in [1.54, 1.807) is 42.5 Å². The molecule has 0 spiro atoms. The van der Waals surface area contributed by atoms with Gasteiger partial charge in [0.15, 0.2) is 11.3 Å². The quantitative estimate of drug-likeness (QED) is 0.474. The van der Waals surface area contributed by atoms with E-state index in [9.17, 15) is 14.4 Å². The van der Waals surface area contributed by atoms with E-state index in [-0.39, 0.29) is 18.9 Å². The summed E-state index contributed by atoms with van der Waals surface area (Å²) >= 11 is 0. The molecule has 0 atom stereocenters. The monoisotopic (exact) mass is 407 g/mol. The maximum atomic E-state index is 12.2. The lowest BCUT2D eigenvalue weighted by molar-refractivity contribution is -0.122. The van der Waals surface area contributed by atoms with Crippen molar-refractivity contribution in [1.82, 2.24) is 15.4 Å². The minimum atomic E-state index is -0.660. The van der Waals surface area contributed by atoms with Crippen molar-refractivity contribution in [3.05, 3.63) is 88.8 Å². The normalized spacial score (nSPS) is 10.7. The highest BCUT2D eigenvalue weighted by molar-refractivity contribution is 5.93. The minimum Gasteiger partial charge on any atom is -0.486 e. The first kappa shape index (κ1) is 19.1. The summed E-state index contributed by atoms with van der Waals surface area (Å²) in [6.45, 7) is -0.162. The third-order valence-corrected chi connectivity index (χ3v) is 4.20. The van der Waals surface area contributed by atoms with Crippen LogP contribution in [0.25, 0.3) is 11.1 Å². The first-order valence-electron chi connectivity index (χ1n) is 9.04. The smallest absolute Gasteiger partial charge is 0.420 e. The Morgan fingerprint density at radius 2 is 1.67 bits per heavy atom. The average Bonchev–Trinajstić information content (AvgIpc) is 3.36. The van der Waals surface area contributed by atoms with Crippen LogP contribution >= 0.6 is 0 Å². The van der Waals surface area contributed by atoms with Gasteiger partial charge in [-0.25, -0.2) is 4.79 Å². The van der Waals surface area contributed by atoms with Crippen LogP contribution in [0.4, 0.5) is 0 Å². The summed E-state index contributed by atoms with van der Waals surface area (Å²) in [7, 11) is 0. The van der Waals surface area contributed by atoms with Crippen LogP contribution in [0, 0.1) is 0 Å². The van der Waals surface area contributed by atoms with Crippen LogP contribution in [-0.2, 0) is 17.9 Å². The Hall–Kier alpha value is -4.27. The Morgan fingerprint density at radius 1 is 0.900 bits per heavy atom. The van der Waals surface area contributed by atoms with Crippen LogP contribution in [0.1, 0.15) is 16.3 Å². The van der Waals surface area contributed by atoms with E-state index >= 15 is 0 Å². The number of para-hydroxylation sites is 3. The zero-order valence-corrected chi connectivity index (χ0v) is 15.7. The van der Waals surface area contributed by atoms with E-state index < -0.39 is 17.6 Å². The molecule has 2 aromatic carbocycles. The van der Waals surface area contributed by atoms with Crippen molar-refractivity contribution in [2.24, 2.45) is 0 Å². The van der Waals surface area contributed by atoms with Crippen LogP contribution < -0.4 is 21.3 Å². The number of aromatic nitrogens is 1. The second kappa shape index (κ2) is 8.39. The predicted octanol–water partition coefficient (Wildman–Crippen LogP) is 2.23. The van der Waals surface area contributed by atoms with Crippen molar-refractivity contribution in [3.63, 3.8) is 0 Å². The van der Waals surface area contributed by atoms with Gasteiger partial charge in [0.05, 0.1) is 5.52 Å². The van der Waals surface area contributed by atoms with Crippen LogP contribution in [-0.4, -0.2) is 16.4 Å². The SMILES string of the molecule is O=C(Cn1c(=O)oc2ccccc21)NNC(=O)c1ccc(COc2ccccc2)o1. The molecule has 0 saturated carbocycles. The largest absolute Gasteiger partial charge is 0.486 e. The molecule has 2 heterocycles. The molecule has 9 nitrogen and oxygen atoms in total. The number of amides is 2. The van der Waals surface area contributed by atoms with Gasteiger partial charge in [-0.15, -0.1) is 0 Å². The summed E-state index contributed by atoms with van der Waals surface area (Å²) in [4.78, 5) is 36.2. The van der Waals surface area contributed by atoms with E-state index in [1.807, 2.05) is 18.2 Å². The number of nitrogens with zero attached hydrogens (tertiary/aromatic N) is 1. The number of benzene rings is 2. The van der Waals surface area contributed by atoms with E-state index in [2.05, 4.69) is 10.9 Å². The number of oxazole rings is 1. The first-order chi connectivity index (χ1) is 14.6. The van der Waals surface area contributed by atoms with Crippen LogP contribution in [0.15, 0.2) is 80.4 Å². The fourth-order valence-corrected chi connectivity index (χ4v) is 2.78. The van der Waals surface area contributed by atoms with Crippen molar-refractivity contribution in [2.75, 3.05) is 0 Å². The molecule has 0 aliphatic heterocycles. The van der Waals surface area contributed by atoms with E-state index in [4.69, 9.17) is 13.6 Å². The Balaban J connectivity index is 1.31. The molecule has 0 unspecified atom stereocenters. The lowest BCUT2D eigenvalue weighted by Crippen LogP contribution is -2.43. The van der Waals surface area contributed by atoms with E-state index in [1.165, 1.54) is 10.6 Å². The van der Waals surface area contributed by atoms with Gasteiger partial charge in [-0.05, 0) is 36.4 Å². The lowest BCUT2D eigenvalue weighted by atomic mass is 10.3. The predicted molar refractivity (Wildman–Crippen MR) is 106 cm³/mol. The van der Waals surface area contributed by atoms with E-state index in [0.717, 1.165) is 0 Å². The second-order valence-corrected chi connectivity index (χ2v) is 6.29. The summed E-state index contributed by atoms with van der Waals surface area (Å²) in [5, 5.41) is 0. The highest BCUT2D eigenvalue weighted by Crippen LogP contribution is 2.14. The zero-order valence-electron chi connectivity index (χ0n) is 15.7. The van der Waals surface area contributed by atoms with Crippen molar-refractivity contribution < 1.29 is 23.2 Å². The van der Waals surface area contributed by atoms with Crippen LogP contribution in [0.3, 0.4) is 0 Å². The number of nitrogens with one attached hydrogen (secondary N) is 2. The van der Waals surface area contributed by atoms with Crippen LogP contribution in [0.5, 0.6) is 5.75 Å². The highest BCUT2D eigenvalue weighted by atomic mass is 16.5. The molecule has 2 N–H and O–H groups in total. The van der Waals surface area contributed by atoms with Gasteiger partial charge in [0, 0.05) is 0 Å². The van der Waals surface area contributed by atoms with Gasteiger partial charge in [-0.2, -0.15) is 0 Å². The molecule has 0 radical (unpaired) electrons. The maximum absolute atomic E-state index is 12.2. The maximum Gasteiger partial charge on any atom is 0.420 e. The number of carbonyl (C=O) groups excluding carboxylic acids is 2. The molecule has 4 aromatic rings. The average molecular weight is 407 g/mol. The minimum absolute atomic E-state index is 0.00731. The van der Waals surface area contributed by atoms with Crippen molar-refractivity contribution in [1.29, 1.82) is 0 Å². The number of carbonyl (C=O) groups is 2. The topological polar surface area (TPSA) is 116 Å². The Labute approximate surface area is 169 Å². The van der Waals surface area contributed by atoms with Crippen molar-refractivity contribution in [2.45, 2.75) is 13.2 Å². The molecule has 0 bridgehead atoms. The summed E-state index contributed by atoms with van der Waals surface area (Å²) < 4.78 is 17.2. The molecule has 0 saturated heterocycles. The standard InChI is InChI=1S/C21H17N3O6/c25-19(12-24-16-8-4-5-9-17(16)30-21(24)27)22-23-20(26)18-11-10-15(29-18)13-28-14-6-2-1-3-7-14/h1-11H,12-13H2,(H,22,25)(H,23,26). The molecular formula is C21H17N3O6. The Morgan fingerprint density at radius 3 is 2.50 bits per heavy atom. The number of hydrazine groups is 1. The number of rotatable bonds is 6. The Bertz CT molecular complexity index is 1240. The third-order valence-electron chi connectivity index (χ3n) is 4.20. The summed E-state index contributed by atoms with van der Waals surface area (Å²) in [6, 6.07) is 19.0. The van der Waals surface area contributed by atoms with Gasteiger partial charge in [-0.1, -0.05) is 30.3 Å². The number of ether oxygens (including phenoxy) is 1. The first-order valence-corrected chi connectivity index (χ1v) is 9.04. The van der Waals surface area contributed by atoms with Gasteiger partial charge in [-0.3, -0.25) is 25.0 Å². The summed E-state index contributed by atoms with van der Waals surface area (Å²) in [5.41, 5.74) is 5.35. The molecule has 9 heteroatoms. The molecule has 2 amide bonds. The van der Waals surface area contributed by atoms with E-state index in [0.29, 0.717) is 22.6 Å². The molecule has 152 valence electrons. The number of furan rings is 1. The Kier molecular flexibility index (Phi) is 5.33. The van der Waals surface area contributed by atoms with Gasteiger partial charge in [0.25, 0.3) is 5.91 Å². The lowest BCUT2D eigenvalue weighted by Gasteiger charge is -2.06. The molecule has 30 heavy (non-hydrogen) atoms. The molecule has 0 fully saturated rings. The van der Waals surface area contributed by atoms with Gasteiger partial charge >= 0.3 is 11.7 Å². The molecule has 2 aromatic heterocycles. The number of hydrogen-bond acceptors (Lipinski definition) is 6.